The molecule has 1 unspecified atom stereocenters. The number of hydrogen-bond donors (Lipinski definition) is 0. The molecule has 0 aliphatic carbocycles. The Morgan fingerprint density at radius 3 is 2.59 bits per heavy atom. The largest absolute Gasteiger partial charge is 0.338 e. The van der Waals surface area contributed by atoms with Crippen LogP contribution in [0.15, 0.2) is 56.3 Å². The van der Waals surface area contributed by atoms with Gasteiger partial charge in [-0.15, -0.1) is 11.3 Å². The highest BCUT2D eigenvalue weighted by Crippen LogP contribution is 2.34. The summed E-state index contributed by atoms with van der Waals surface area (Å²) in [6.07, 6.45) is 0. The van der Waals surface area contributed by atoms with Crippen LogP contribution >= 0.6 is 23.1 Å². The molecule has 4 aromatic rings. The summed E-state index contributed by atoms with van der Waals surface area (Å²) in [4.78, 5) is 22.3. The van der Waals surface area contributed by atoms with Gasteiger partial charge in [0.2, 0.25) is 5.89 Å². The third-order valence-electron chi connectivity index (χ3n) is 4.07. The number of thioether (sulfide) groups is 1. The average molecular weight is 399 g/mol. The van der Waals surface area contributed by atoms with Gasteiger partial charge in [-0.05, 0) is 30.5 Å². The van der Waals surface area contributed by atoms with Gasteiger partial charge in [0.05, 0.1) is 16.5 Å². The van der Waals surface area contributed by atoms with Crippen molar-refractivity contribution >= 4 is 33.3 Å². The van der Waals surface area contributed by atoms with Crippen molar-refractivity contribution in [3.8, 4) is 5.69 Å². The summed E-state index contributed by atoms with van der Waals surface area (Å²) in [7, 11) is 0. The average Bonchev–Trinajstić information content (AvgIpc) is 3.32. The highest BCUT2D eigenvalue weighted by molar-refractivity contribution is 7.99. The molecular weight excluding hydrogens is 380 g/mol. The maximum absolute atomic E-state index is 13.1. The van der Waals surface area contributed by atoms with E-state index in [9.17, 15) is 4.79 Å². The standard InChI is InChI=1S/C19H18N4O2S2/c1-11(2)16-21-17(25-22-16)12(3)27-19-20-14-9-10-26-15(14)18(24)23(19)13-7-5-4-6-8-13/h4-12H,1-3H3. The third kappa shape index (κ3) is 3.42. The topological polar surface area (TPSA) is 73.8 Å². The Hall–Kier alpha value is -2.45. The number of aromatic nitrogens is 4. The van der Waals surface area contributed by atoms with E-state index in [0.717, 1.165) is 5.69 Å². The van der Waals surface area contributed by atoms with Crippen molar-refractivity contribution in [1.82, 2.24) is 19.7 Å². The molecule has 0 saturated carbocycles. The molecule has 1 atom stereocenters. The molecule has 0 amide bonds. The molecule has 0 saturated heterocycles. The van der Waals surface area contributed by atoms with Crippen LogP contribution in [-0.4, -0.2) is 19.7 Å². The highest BCUT2D eigenvalue weighted by Gasteiger charge is 2.21. The highest BCUT2D eigenvalue weighted by atomic mass is 32.2. The molecule has 0 fully saturated rings. The molecule has 0 aliphatic heterocycles. The van der Waals surface area contributed by atoms with E-state index in [1.807, 2.05) is 62.5 Å². The van der Waals surface area contributed by atoms with E-state index in [1.54, 1.807) is 4.57 Å². The minimum Gasteiger partial charge on any atom is -0.338 e. The Balaban J connectivity index is 1.79. The summed E-state index contributed by atoms with van der Waals surface area (Å²) in [6.45, 7) is 6.01. The van der Waals surface area contributed by atoms with E-state index < -0.39 is 0 Å². The summed E-state index contributed by atoms with van der Waals surface area (Å²) in [5, 5.41) is 6.39. The zero-order valence-electron chi connectivity index (χ0n) is 15.1. The van der Waals surface area contributed by atoms with Gasteiger partial charge in [0.25, 0.3) is 5.56 Å². The zero-order valence-corrected chi connectivity index (χ0v) is 16.8. The SMILES string of the molecule is CC(C)c1noc(C(C)Sc2nc3ccsc3c(=O)n2-c2ccccc2)n1. The van der Waals surface area contributed by atoms with Gasteiger partial charge in [-0.3, -0.25) is 9.36 Å². The van der Waals surface area contributed by atoms with Gasteiger partial charge >= 0.3 is 0 Å². The molecule has 1 aromatic carbocycles. The first-order valence-corrected chi connectivity index (χ1v) is 10.4. The van der Waals surface area contributed by atoms with Crippen LogP contribution in [0.5, 0.6) is 0 Å². The summed E-state index contributed by atoms with van der Waals surface area (Å²) < 4.78 is 7.71. The van der Waals surface area contributed by atoms with Crippen molar-refractivity contribution in [3.63, 3.8) is 0 Å². The summed E-state index contributed by atoms with van der Waals surface area (Å²) in [6, 6.07) is 11.4. The predicted octanol–water partition coefficient (Wildman–Crippen LogP) is 4.81. The number of hydrogen-bond acceptors (Lipinski definition) is 7. The van der Waals surface area contributed by atoms with E-state index in [2.05, 4.69) is 10.1 Å². The predicted molar refractivity (Wildman–Crippen MR) is 108 cm³/mol. The molecular formula is C19H18N4O2S2. The second kappa shape index (κ2) is 7.28. The third-order valence-corrected chi connectivity index (χ3v) is 6.00. The molecule has 0 bridgehead atoms. The normalized spacial score (nSPS) is 12.7. The molecule has 0 N–H and O–H groups in total. The second-order valence-electron chi connectivity index (χ2n) is 6.41. The lowest BCUT2D eigenvalue weighted by molar-refractivity contribution is 0.373. The molecule has 0 aliphatic rings. The van der Waals surface area contributed by atoms with Crippen molar-refractivity contribution in [2.45, 2.75) is 37.1 Å². The van der Waals surface area contributed by atoms with Crippen LogP contribution < -0.4 is 5.56 Å². The maximum atomic E-state index is 13.1. The first-order valence-electron chi connectivity index (χ1n) is 8.60. The van der Waals surface area contributed by atoms with Crippen LogP contribution in [0.25, 0.3) is 15.9 Å². The second-order valence-corrected chi connectivity index (χ2v) is 8.64. The number of benzene rings is 1. The Bertz CT molecular complexity index is 1130. The van der Waals surface area contributed by atoms with Crippen LogP contribution in [0.3, 0.4) is 0 Å². The van der Waals surface area contributed by atoms with Gasteiger partial charge in [-0.25, -0.2) is 4.98 Å². The molecule has 4 rings (SSSR count). The molecule has 8 heteroatoms. The van der Waals surface area contributed by atoms with Gasteiger partial charge in [0.15, 0.2) is 11.0 Å². The van der Waals surface area contributed by atoms with Crippen LogP contribution in [0.2, 0.25) is 0 Å². The molecule has 0 spiro atoms. The summed E-state index contributed by atoms with van der Waals surface area (Å²) in [5.41, 5.74) is 1.43. The Kier molecular flexibility index (Phi) is 4.84. The Morgan fingerprint density at radius 1 is 1.11 bits per heavy atom. The number of nitrogens with zero attached hydrogens (tertiary/aromatic N) is 4. The summed E-state index contributed by atoms with van der Waals surface area (Å²) >= 11 is 2.84. The molecule has 3 aromatic heterocycles. The minimum atomic E-state index is -0.136. The van der Waals surface area contributed by atoms with Gasteiger partial charge in [-0.2, -0.15) is 4.98 Å². The lowest BCUT2D eigenvalue weighted by Crippen LogP contribution is -2.21. The smallest absolute Gasteiger partial charge is 0.276 e. The van der Waals surface area contributed by atoms with E-state index >= 15 is 0 Å². The van der Waals surface area contributed by atoms with E-state index in [0.29, 0.717) is 27.1 Å². The van der Waals surface area contributed by atoms with Gasteiger partial charge in [0, 0.05) is 5.92 Å². The Labute approximate surface area is 164 Å². The molecule has 27 heavy (non-hydrogen) atoms. The number of para-hydroxylation sites is 1. The van der Waals surface area contributed by atoms with E-state index in [1.165, 1.54) is 23.1 Å². The molecule has 0 radical (unpaired) electrons. The van der Waals surface area contributed by atoms with Crippen molar-refractivity contribution in [2.75, 3.05) is 0 Å². The number of thiophene rings is 1. The molecule has 3 heterocycles. The van der Waals surface area contributed by atoms with Crippen molar-refractivity contribution < 1.29 is 4.52 Å². The lowest BCUT2D eigenvalue weighted by atomic mass is 10.2. The number of rotatable bonds is 5. The monoisotopic (exact) mass is 398 g/mol. The van der Waals surface area contributed by atoms with Crippen LogP contribution in [-0.2, 0) is 0 Å². The first kappa shape index (κ1) is 17.9. The lowest BCUT2D eigenvalue weighted by Gasteiger charge is -2.13. The molecule has 138 valence electrons. The molecule has 6 nitrogen and oxygen atoms in total. The van der Waals surface area contributed by atoms with Crippen molar-refractivity contribution in [2.24, 2.45) is 0 Å². The van der Waals surface area contributed by atoms with Crippen molar-refractivity contribution in [3.05, 3.63) is 63.8 Å². The maximum Gasteiger partial charge on any atom is 0.276 e. The fourth-order valence-electron chi connectivity index (χ4n) is 2.63. The van der Waals surface area contributed by atoms with Crippen LogP contribution in [0, 0.1) is 0 Å². The minimum absolute atomic E-state index is 0.0655. The van der Waals surface area contributed by atoms with Gasteiger partial charge in [0.1, 0.15) is 4.70 Å². The quantitative estimate of drug-likeness (QED) is 0.355. The first-order chi connectivity index (χ1) is 13.0. The van der Waals surface area contributed by atoms with Gasteiger partial charge in [-0.1, -0.05) is 49.0 Å². The van der Waals surface area contributed by atoms with Crippen molar-refractivity contribution in [1.29, 1.82) is 0 Å². The van der Waals surface area contributed by atoms with E-state index in [-0.39, 0.29) is 16.7 Å². The fraction of sp³-hybridized carbons (Fsp3) is 0.263. The fourth-order valence-corrected chi connectivity index (χ4v) is 4.35. The zero-order chi connectivity index (χ0) is 19.0. The van der Waals surface area contributed by atoms with Crippen LogP contribution in [0.1, 0.15) is 43.7 Å². The van der Waals surface area contributed by atoms with Gasteiger partial charge < -0.3 is 4.52 Å². The summed E-state index contributed by atoms with van der Waals surface area (Å²) in [5.74, 6) is 1.41. The number of fused-ring (bicyclic) bond motifs is 1. The Morgan fingerprint density at radius 2 is 1.89 bits per heavy atom. The van der Waals surface area contributed by atoms with Crippen LogP contribution in [0.4, 0.5) is 0 Å². The van der Waals surface area contributed by atoms with E-state index in [4.69, 9.17) is 9.51 Å².